The lowest BCUT2D eigenvalue weighted by Crippen LogP contribution is -2.00. The summed E-state index contributed by atoms with van der Waals surface area (Å²) in [5.74, 6) is -2.30. The number of aromatic hydroxyl groups is 1. The maximum atomic E-state index is 14.3. The first kappa shape index (κ1) is 16.4. The van der Waals surface area contributed by atoms with Crippen LogP contribution in [-0.4, -0.2) is 21.2 Å². The maximum Gasteiger partial charge on any atom is 0.339 e. The van der Waals surface area contributed by atoms with Gasteiger partial charge in [0.2, 0.25) is 0 Å². The van der Waals surface area contributed by atoms with Crippen LogP contribution in [0, 0.1) is 17.1 Å². The Morgan fingerprint density at radius 3 is 2.74 bits per heavy atom. The highest BCUT2D eigenvalue weighted by Gasteiger charge is 2.16. The first-order valence-corrected chi connectivity index (χ1v) is 7.13. The van der Waals surface area contributed by atoms with Gasteiger partial charge in [-0.15, -0.1) is 0 Å². The first-order chi connectivity index (χ1) is 11.0. The Morgan fingerprint density at radius 2 is 2.13 bits per heavy atom. The molecule has 2 aromatic rings. The number of benzene rings is 1. The molecule has 0 aliphatic carbocycles. The third kappa shape index (κ3) is 3.46. The van der Waals surface area contributed by atoms with Crippen molar-refractivity contribution in [3.05, 3.63) is 46.9 Å². The Kier molecular flexibility index (Phi) is 4.91. The standard InChI is InChI=1S/C17H15FN2O3/c1-2-3-4-12-11(8-19)5-10(6-14(12)18)15-7-13(17(22)23)16(21)9-20-15/h5-7,9,21H,2-4H2,1H3,(H,22,23). The second kappa shape index (κ2) is 6.88. The van der Waals surface area contributed by atoms with Crippen LogP contribution in [0.1, 0.15) is 41.3 Å². The van der Waals surface area contributed by atoms with E-state index >= 15 is 0 Å². The van der Waals surface area contributed by atoms with Crippen LogP contribution < -0.4 is 0 Å². The number of aromatic carboxylic acids is 1. The van der Waals surface area contributed by atoms with Gasteiger partial charge in [-0.3, -0.25) is 4.98 Å². The van der Waals surface area contributed by atoms with Crippen LogP contribution in [0.2, 0.25) is 0 Å². The molecule has 5 nitrogen and oxygen atoms in total. The molecule has 0 saturated carbocycles. The van der Waals surface area contributed by atoms with Crippen LogP contribution in [0.15, 0.2) is 24.4 Å². The number of carbonyl (C=O) groups is 1. The second-order valence-corrected chi connectivity index (χ2v) is 5.09. The molecular formula is C17H15FN2O3. The fourth-order valence-corrected chi connectivity index (χ4v) is 2.27. The summed E-state index contributed by atoms with van der Waals surface area (Å²) < 4.78 is 14.3. The minimum Gasteiger partial charge on any atom is -0.505 e. The molecular weight excluding hydrogens is 299 g/mol. The normalized spacial score (nSPS) is 10.3. The molecule has 0 spiro atoms. The predicted octanol–water partition coefficient (Wildman–Crippen LogP) is 3.51. The first-order valence-electron chi connectivity index (χ1n) is 7.13. The maximum absolute atomic E-state index is 14.3. The molecule has 0 radical (unpaired) electrons. The average molecular weight is 314 g/mol. The summed E-state index contributed by atoms with van der Waals surface area (Å²) in [5.41, 5.74) is 0.707. The molecule has 0 amide bonds. The van der Waals surface area contributed by atoms with Gasteiger partial charge in [0, 0.05) is 11.1 Å². The molecule has 23 heavy (non-hydrogen) atoms. The summed E-state index contributed by atoms with van der Waals surface area (Å²) in [6, 6.07) is 5.84. The summed E-state index contributed by atoms with van der Waals surface area (Å²) in [7, 11) is 0. The third-order valence-corrected chi connectivity index (χ3v) is 3.51. The van der Waals surface area contributed by atoms with Crippen molar-refractivity contribution in [1.82, 2.24) is 4.98 Å². The zero-order chi connectivity index (χ0) is 17.0. The molecule has 0 saturated heterocycles. The Morgan fingerprint density at radius 1 is 1.39 bits per heavy atom. The fourth-order valence-electron chi connectivity index (χ4n) is 2.27. The van der Waals surface area contributed by atoms with Gasteiger partial charge in [-0.05, 0) is 31.0 Å². The predicted molar refractivity (Wildman–Crippen MR) is 81.6 cm³/mol. The molecule has 1 aromatic heterocycles. The van der Waals surface area contributed by atoms with Crippen molar-refractivity contribution in [3.63, 3.8) is 0 Å². The van der Waals surface area contributed by atoms with E-state index < -0.39 is 17.5 Å². The van der Waals surface area contributed by atoms with Gasteiger partial charge in [0.05, 0.1) is 23.5 Å². The zero-order valence-corrected chi connectivity index (χ0v) is 12.5. The van der Waals surface area contributed by atoms with Crippen molar-refractivity contribution in [2.24, 2.45) is 0 Å². The van der Waals surface area contributed by atoms with Gasteiger partial charge >= 0.3 is 5.97 Å². The zero-order valence-electron chi connectivity index (χ0n) is 12.5. The van der Waals surface area contributed by atoms with E-state index in [4.69, 9.17) is 5.11 Å². The lowest BCUT2D eigenvalue weighted by molar-refractivity contribution is 0.0693. The second-order valence-electron chi connectivity index (χ2n) is 5.09. The SMILES string of the molecule is CCCCc1c(F)cc(-c2cc(C(=O)O)c(O)cn2)cc1C#N. The summed E-state index contributed by atoms with van der Waals surface area (Å²) in [5, 5.41) is 27.7. The van der Waals surface area contributed by atoms with Crippen LogP contribution >= 0.6 is 0 Å². The summed E-state index contributed by atoms with van der Waals surface area (Å²) in [4.78, 5) is 15.0. The molecule has 2 rings (SSSR count). The van der Waals surface area contributed by atoms with Crippen LogP contribution in [0.25, 0.3) is 11.3 Å². The number of carboxylic acid groups (broad SMARTS) is 1. The van der Waals surface area contributed by atoms with Crippen molar-refractivity contribution >= 4 is 5.97 Å². The molecule has 2 N–H and O–H groups in total. The van der Waals surface area contributed by atoms with Crippen molar-refractivity contribution in [1.29, 1.82) is 5.26 Å². The number of hydrogen-bond acceptors (Lipinski definition) is 4. The quantitative estimate of drug-likeness (QED) is 0.880. The highest BCUT2D eigenvalue weighted by molar-refractivity contribution is 5.91. The van der Waals surface area contributed by atoms with E-state index in [1.807, 2.05) is 13.0 Å². The topological polar surface area (TPSA) is 94.2 Å². The molecule has 0 aliphatic heterocycles. The number of hydrogen-bond donors (Lipinski definition) is 2. The van der Waals surface area contributed by atoms with E-state index in [2.05, 4.69) is 4.98 Å². The Labute approximate surface area is 132 Å². The highest BCUT2D eigenvalue weighted by atomic mass is 19.1. The number of pyridine rings is 1. The number of nitriles is 1. The molecule has 1 aromatic carbocycles. The molecule has 1 heterocycles. The molecule has 0 unspecified atom stereocenters. The van der Waals surface area contributed by atoms with Gasteiger partial charge in [0.1, 0.15) is 17.1 Å². The van der Waals surface area contributed by atoms with Crippen LogP contribution in [0.5, 0.6) is 5.75 Å². The van der Waals surface area contributed by atoms with E-state index in [0.717, 1.165) is 25.1 Å². The molecule has 0 aliphatic rings. The Balaban J connectivity index is 2.53. The van der Waals surface area contributed by atoms with Gasteiger partial charge in [0.15, 0.2) is 0 Å². The van der Waals surface area contributed by atoms with Gasteiger partial charge in [-0.25, -0.2) is 9.18 Å². The lowest BCUT2D eigenvalue weighted by Gasteiger charge is -2.09. The number of unbranched alkanes of at least 4 members (excludes halogenated alkanes) is 1. The van der Waals surface area contributed by atoms with Crippen molar-refractivity contribution in [3.8, 4) is 23.1 Å². The van der Waals surface area contributed by atoms with E-state index in [-0.39, 0.29) is 16.8 Å². The Hall–Kier alpha value is -2.94. The summed E-state index contributed by atoms with van der Waals surface area (Å²) in [6.45, 7) is 1.98. The van der Waals surface area contributed by atoms with Crippen LogP contribution in [-0.2, 0) is 6.42 Å². The van der Waals surface area contributed by atoms with Gasteiger partial charge < -0.3 is 10.2 Å². The molecule has 0 bridgehead atoms. The minimum atomic E-state index is -1.31. The average Bonchev–Trinajstić information content (AvgIpc) is 2.53. The van der Waals surface area contributed by atoms with Gasteiger partial charge in [0.25, 0.3) is 0 Å². The number of nitrogens with zero attached hydrogens (tertiary/aromatic N) is 2. The van der Waals surface area contributed by atoms with Crippen molar-refractivity contribution in [2.45, 2.75) is 26.2 Å². The third-order valence-electron chi connectivity index (χ3n) is 3.51. The molecule has 0 fully saturated rings. The Bertz CT molecular complexity index is 797. The fraction of sp³-hybridized carbons (Fsp3) is 0.235. The minimum absolute atomic E-state index is 0.178. The van der Waals surface area contributed by atoms with Gasteiger partial charge in [-0.1, -0.05) is 13.3 Å². The van der Waals surface area contributed by atoms with E-state index in [0.29, 0.717) is 17.5 Å². The van der Waals surface area contributed by atoms with Crippen molar-refractivity contribution < 1.29 is 19.4 Å². The lowest BCUT2D eigenvalue weighted by atomic mass is 9.97. The molecule has 0 atom stereocenters. The van der Waals surface area contributed by atoms with E-state index in [9.17, 15) is 19.6 Å². The smallest absolute Gasteiger partial charge is 0.339 e. The summed E-state index contributed by atoms with van der Waals surface area (Å²) in [6.07, 6.45) is 3.11. The monoisotopic (exact) mass is 314 g/mol. The molecule has 6 heteroatoms. The molecule has 118 valence electrons. The van der Waals surface area contributed by atoms with E-state index in [1.54, 1.807) is 0 Å². The summed E-state index contributed by atoms with van der Waals surface area (Å²) >= 11 is 0. The number of halogens is 1. The van der Waals surface area contributed by atoms with Crippen LogP contribution in [0.4, 0.5) is 4.39 Å². The van der Waals surface area contributed by atoms with Crippen molar-refractivity contribution in [2.75, 3.05) is 0 Å². The van der Waals surface area contributed by atoms with E-state index in [1.165, 1.54) is 12.1 Å². The largest absolute Gasteiger partial charge is 0.505 e. The van der Waals surface area contributed by atoms with Crippen LogP contribution in [0.3, 0.4) is 0 Å². The number of aromatic nitrogens is 1. The number of rotatable bonds is 5. The van der Waals surface area contributed by atoms with Gasteiger partial charge in [-0.2, -0.15) is 5.26 Å². The number of carboxylic acids is 1. The highest BCUT2D eigenvalue weighted by Crippen LogP contribution is 2.27.